The molecule has 0 N–H and O–H groups in total. The Morgan fingerprint density at radius 3 is 1.44 bits per heavy atom. The first-order valence-electron chi connectivity index (χ1n) is 15.1. The second kappa shape index (κ2) is 11.9. The highest BCUT2D eigenvalue weighted by atomic mass is 16.1. The number of Topliss-reactive ketones (excluding diaryl/α,β-unsaturated/α-hetero) is 1. The predicted octanol–water partition coefficient (Wildman–Crippen LogP) is 9.24. The number of carbonyl (C=O) groups is 1. The average Bonchev–Trinajstić information content (AvgIpc) is 2.83. The van der Waals surface area contributed by atoms with Crippen molar-refractivity contribution in [3.63, 3.8) is 0 Å². The van der Waals surface area contributed by atoms with Crippen molar-refractivity contribution in [1.82, 2.24) is 0 Å². The minimum absolute atomic E-state index is 0.386. The molecule has 184 valence electrons. The molecule has 3 unspecified atom stereocenters. The van der Waals surface area contributed by atoms with Crippen molar-refractivity contribution in [2.75, 3.05) is 0 Å². The molecule has 4 aliphatic carbocycles. The quantitative estimate of drug-likeness (QED) is 0.384. The second-order valence-corrected chi connectivity index (χ2v) is 13.1. The van der Waals surface area contributed by atoms with Gasteiger partial charge < -0.3 is 0 Å². The largest absolute Gasteiger partial charge is 0.299 e. The van der Waals surface area contributed by atoms with Gasteiger partial charge in [-0.25, -0.2) is 0 Å². The Kier molecular flexibility index (Phi) is 9.20. The molecule has 0 saturated heterocycles. The Hall–Kier alpha value is -0.330. The zero-order chi connectivity index (χ0) is 22.5. The number of unbranched alkanes of at least 4 members (excludes halogenated alkanes) is 1. The van der Waals surface area contributed by atoms with E-state index >= 15 is 0 Å². The van der Waals surface area contributed by atoms with E-state index in [0.29, 0.717) is 17.6 Å². The van der Waals surface area contributed by atoms with E-state index in [4.69, 9.17) is 0 Å². The van der Waals surface area contributed by atoms with Crippen molar-refractivity contribution in [3.05, 3.63) is 0 Å². The van der Waals surface area contributed by atoms with Gasteiger partial charge in [-0.3, -0.25) is 4.79 Å². The predicted molar refractivity (Wildman–Crippen MR) is 137 cm³/mol. The van der Waals surface area contributed by atoms with Crippen LogP contribution in [0.2, 0.25) is 0 Å². The lowest BCUT2D eigenvalue weighted by atomic mass is 9.62. The number of carbonyl (C=O) groups excluding carboxylic acids is 1. The van der Waals surface area contributed by atoms with E-state index in [1.54, 1.807) is 25.7 Å². The van der Waals surface area contributed by atoms with Crippen molar-refractivity contribution >= 4 is 5.78 Å². The van der Waals surface area contributed by atoms with Gasteiger partial charge in [0.2, 0.25) is 0 Å². The zero-order valence-electron chi connectivity index (χ0n) is 21.8. The summed E-state index contributed by atoms with van der Waals surface area (Å²) in [6.45, 7) is 7.05. The Labute approximate surface area is 200 Å². The summed E-state index contributed by atoms with van der Waals surface area (Å²) in [6, 6.07) is 0. The molecule has 0 heterocycles. The molecule has 0 aromatic carbocycles. The average molecular weight is 443 g/mol. The second-order valence-electron chi connectivity index (χ2n) is 13.1. The van der Waals surface area contributed by atoms with Crippen LogP contribution in [0.15, 0.2) is 0 Å². The topological polar surface area (TPSA) is 17.1 Å². The number of hydrogen-bond donors (Lipinski definition) is 0. The van der Waals surface area contributed by atoms with E-state index in [9.17, 15) is 4.79 Å². The Morgan fingerprint density at radius 2 is 1.00 bits per heavy atom. The molecule has 0 bridgehead atoms. The van der Waals surface area contributed by atoms with Crippen molar-refractivity contribution in [3.8, 4) is 0 Å². The lowest BCUT2D eigenvalue weighted by Gasteiger charge is -2.43. The maximum absolute atomic E-state index is 12.6. The molecule has 32 heavy (non-hydrogen) atoms. The molecule has 0 spiro atoms. The molecule has 1 heteroatoms. The molecule has 0 aliphatic heterocycles. The van der Waals surface area contributed by atoms with E-state index in [0.717, 1.165) is 60.7 Å². The molecule has 4 fully saturated rings. The molecule has 0 amide bonds. The maximum atomic E-state index is 12.6. The van der Waals surface area contributed by atoms with Crippen LogP contribution >= 0.6 is 0 Å². The smallest absolute Gasteiger partial charge is 0.136 e. The van der Waals surface area contributed by atoms with Crippen LogP contribution in [0.5, 0.6) is 0 Å². The fourth-order valence-electron chi connectivity index (χ4n) is 8.81. The van der Waals surface area contributed by atoms with Crippen molar-refractivity contribution in [2.45, 2.75) is 136 Å². The van der Waals surface area contributed by atoms with E-state index in [-0.39, 0.29) is 0 Å². The van der Waals surface area contributed by atoms with Crippen LogP contribution in [0.4, 0.5) is 0 Å². The van der Waals surface area contributed by atoms with Gasteiger partial charge in [-0.2, -0.15) is 0 Å². The summed E-state index contributed by atoms with van der Waals surface area (Å²) in [5.74, 6) is 8.75. The van der Waals surface area contributed by atoms with Crippen LogP contribution in [0.3, 0.4) is 0 Å². The number of hydrogen-bond acceptors (Lipinski definition) is 1. The molecule has 3 atom stereocenters. The third-order valence-corrected chi connectivity index (χ3v) is 11.1. The lowest BCUT2D eigenvalue weighted by molar-refractivity contribution is -0.126. The molecule has 0 aromatic heterocycles. The highest BCUT2D eigenvalue weighted by Crippen LogP contribution is 2.49. The molecule has 4 saturated carbocycles. The van der Waals surface area contributed by atoms with Crippen LogP contribution in [0.1, 0.15) is 136 Å². The normalized spacial score (nSPS) is 43.7. The molecule has 4 rings (SSSR count). The van der Waals surface area contributed by atoms with Crippen LogP contribution in [-0.4, -0.2) is 5.78 Å². The van der Waals surface area contributed by atoms with Gasteiger partial charge in [-0.05, 0) is 137 Å². The van der Waals surface area contributed by atoms with Gasteiger partial charge in [0.1, 0.15) is 5.78 Å². The SMILES string of the molecule is CCCCC(=O)C1CCC(C2CCC(C3CCC(C4CCC(C)CC4)CC3)CC2)CC1C. The fraction of sp³-hybridized carbons (Fsp3) is 0.968. The summed E-state index contributed by atoms with van der Waals surface area (Å²) in [5.41, 5.74) is 0. The van der Waals surface area contributed by atoms with Crippen LogP contribution in [0, 0.1) is 53.3 Å². The Bertz CT molecular complexity index is 557. The maximum Gasteiger partial charge on any atom is 0.136 e. The lowest BCUT2D eigenvalue weighted by Crippen LogP contribution is -2.34. The minimum Gasteiger partial charge on any atom is -0.299 e. The Balaban J connectivity index is 1.16. The summed E-state index contributed by atoms with van der Waals surface area (Å²) in [6.07, 6.45) is 25.3. The van der Waals surface area contributed by atoms with Crippen molar-refractivity contribution < 1.29 is 4.79 Å². The van der Waals surface area contributed by atoms with E-state index in [1.165, 1.54) is 70.6 Å². The fourth-order valence-corrected chi connectivity index (χ4v) is 8.81. The summed E-state index contributed by atoms with van der Waals surface area (Å²) in [5, 5.41) is 0. The van der Waals surface area contributed by atoms with Crippen molar-refractivity contribution in [1.29, 1.82) is 0 Å². The minimum atomic E-state index is 0.386. The van der Waals surface area contributed by atoms with Gasteiger partial charge in [0, 0.05) is 12.3 Å². The molecule has 1 nitrogen and oxygen atoms in total. The monoisotopic (exact) mass is 442 g/mol. The first kappa shape index (κ1) is 24.8. The Morgan fingerprint density at radius 1 is 0.594 bits per heavy atom. The first-order valence-corrected chi connectivity index (χ1v) is 15.1. The van der Waals surface area contributed by atoms with Crippen LogP contribution in [-0.2, 0) is 4.79 Å². The van der Waals surface area contributed by atoms with Gasteiger partial charge >= 0.3 is 0 Å². The van der Waals surface area contributed by atoms with Crippen LogP contribution < -0.4 is 0 Å². The zero-order valence-corrected chi connectivity index (χ0v) is 21.8. The van der Waals surface area contributed by atoms with E-state index < -0.39 is 0 Å². The number of ketones is 1. The van der Waals surface area contributed by atoms with Gasteiger partial charge in [0.25, 0.3) is 0 Å². The highest BCUT2D eigenvalue weighted by molar-refractivity contribution is 5.81. The summed E-state index contributed by atoms with van der Waals surface area (Å²) < 4.78 is 0. The van der Waals surface area contributed by atoms with Gasteiger partial charge in [-0.15, -0.1) is 0 Å². The summed E-state index contributed by atoms with van der Waals surface area (Å²) in [7, 11) is 0. The molecule has 4 aliphatic rings. The van der Waals surface area contributed by atoms with Gasteiger partial charge in [0.15, 0.2) is 0 Å². The van der Waals surface area contributed by atoms with Gasteiger partial charge in [-0.1, -0.05) is 40.0 Å². The molecular weight excluding hydrogens is 388 g/mol. The molecular formula is C31H54O. The van der Waals surface area contributed by atoms with Gasteiger partial charge in [0.05, 0.1) is 0 Å². The van der Waals surface area contributed by atoms with E-state index in [1.807, 2.05) is 0 Å². The molecule has 0 radical (unpaired) electrons. The highest BCUT2D eigenvalue weighted by Gasteiger charge is 2.38. The molecule has 0 aromatic rings. The third kappa shape index (κ3) is 6.21. The third-order valence-electron chi connectivity index (χ3n) is 11.1. The standard InChI is InChI=1S/C31H54O/c1-4-5-6-31(32)30-20-19-29(21-23(30)3)28-17-15-27(16-18-28)26-13-11-25(12-14-26)24-9-7-22(2)8-10-24/h22-30H,4-21H2,1-3H3. The first-order chi connectivity index (χ1) is 15.5. The van der Waals surface area contributed by atoms with E-state index in [2.05, 4.69) is 20.8 Å². The van der Waals surface area contributed by atoms with Crippen molar-refractivity contribution in [2.24, 2.45) is 53.3 Å². The summed E-state index contributed by atoms with van der Waals surface area (Å²) in [4.78, 5) is 12.6. The summed E-state index contributed by atoms with van der Waals surface area (Å²) >= 11 is 0. The van der Waals surface area contributed by atoms with Crippen LogP contribution in [0.25, 0.3) is 0 Å². The number of rotatable bonds is 7.